The lowest BCUT2D eigenvalue weighted by atomic mass is 10.0. The van der Waals surface area contributed by atoms with Crippen LogP contribution in [0.15, 0.2) is 18.3 Å². The van der Waals surface area contributed by atoms with Crippen LogP contribution in [0.25, 0.3) is 10.9 Å². The Morgan fingerprint density at radius 1 is 1.50 bits per heavy atom. The molecule has 0 bridgehead atoms. The molecule has 0 saturated carbocycles. The molecule has 0 amide bonds. The zero-order chi connectivity index (χ0) is 14.9. The summed E-state index contributed by atoms with van der Waals surface area (Å²) in [7, 11) is 3.48. The van der Waals surface area contributed by atoms with Crippen LogP contribution in [-0.2, 0) is 11.2 Å². The van der Waals surface area contributed by atoms with Gasteiger partial charge in [-0.25, -0.2) is 0 Å². The number of hydrogen-bond donors (Lipinski definition) is 1. The fraction of sp³-hybridized carbons (Fsp3) is 0.308. The van der Waals surface area contributed by atoms with Gasteiger partial charge in [0.15, 0.2) is 0 Å². The van der Waals surface area contributed by atoms with Crippen molar-refractivity contribution in [3.63, 3.8) is 0 Å². The van der Waals surface area contributed by atoms with Crippen LogP contribution in [0.3, 0.4) is 0 Å². The first kappa shape index (κ1) is 14.1. The number of halogens is 1. The molecule has 1 heterocycles. The molecule has 1 aromatic carbocycles. The van der Waals surface area contributed by atoms with E-state index in [1.54, 1.807) is 25.2 Å². The van der Waals surface area contributed by atoms with Gasteiger partial charge in [-0.2, -0.15) is 4.39 Å². The van der Waals surface area contributed by atoms with E-state index in [4.69, 9.17) is 0 Å². The number of rotatable bonds is 5. The lowest BCUT2D eigenvalue weighted by Gasteiger charge is -2.17. The van der Waals surface area contributed by atoms with Gasteiger partial charge in [0.25, 0.3) is 0 Å². The molecule has 20 heavy (non-hydrogen) atoms. The first-order valence-corrected chi connectivity index (χ1v) is 6.00. The number of aldehydes is 1. The first-order valence-electron chi connectivity index (χ1n) is 6.00. The number of hydrogen-bond acceptors (Lipinski definition) is 4. The molecular weight excluding hydrogens is 265 g/mol. The maximum Gasteiger partial charge on any atom is 0.314 e. The number of nitrogens with one attached hydrogen (secondary N) is 1. The normalized spacial score (nSPS) is 12.8. The third kappa shape index (κ3) is 2.39. The van der Waals surface area contributed by atoms with Gasteiger partial charge in [-0.1, -0.05) is 0 Å². The monoisotopic (exact) mass is 279 g/mol. The number of nitrogens with zero attached hydrogens (tertiary/aromatic N) is 2. The van der Waals surface area contributed by atoms with Crippen molar-refractivity contribution in [3.05, 3.63) is 39.8 Å². The number of benzene rings is 1. The molecule has 2 aromatic rings. The third-order valence-corrected chi connectivity index (χ3v) is 3.28. The van der Waals surface area contributed by atoms with E-state index in [-0.39, 0.29) is 11.8 Å². The molecule has 2 rings (SSSR count). The van der Waals surface area contributed by atoms with Crippen molar-refractivity contribution in [2.75, 3.05) is 14.1 Å². The molecule has 0 saturated heterocycles. The first-order chi connectivity index (χ1) is 9.45. The standard InChI is InChI=1S/C13H14FN3O3/c1-16(2)9(7-18)5-8-6-15-11-4-3-10(14)13(12(8)11)17(19)20/h3-4,6-7,9,15H,5H2,1-2H3. The Labute approximate surface area is 114 Å². The minimum Gasteiger partial charge on any atom is -0.361 e. The molecule has 0 radical (unpaired) electrons. The summed E-state index contributed by atoms with van der Waals surface area (Å²) in [6, 6.07) is 2.09. The van der Waals surface area contributed by atoms with Gasteiger partial charge in [-0.05, 0) is 38.2 Å². The van der Waals surface area contributed by atoms with Gasteiger partial charge >= 0.3 is 5.69 Å². The fourth-order valence-corrected chi connectivity index (χ4v) is 2.17. The molecule has 7 heteroatoms. The van der Waals surface area contributed by atoms with Crippen molar-refractivity contribution in [1.29, 1.82) is 0 Å². The summed E-state index contributed by atoms with van der Waals surface area (Å²) in [6.45, 7) is 0. The summed E-state index contributed by atoms with van der Waals surface area (Å²) in [6.07, 6.45) is 2.63. The van der Waals surface area contributed by atoms with E-state index in [0.717, 1.165) is 12.4 Å². The number of nitro benzene ring substituents is 1. The van der Waals surface area contributed by atoms with Gasteiger partial charge in [-0.15, -0.1) is 0 Å². The molecule has 0 spiro atoms. The molecule has 1 aromatic heterocycles. The van der Waals surface area contributed by atoms with E-state index < -0.39 is 22.5 Å². The van der Waals surface area contributed by atoms with Crippen LogP contribution in [0.5, 0.6) is 0 Å². The summed E-state index contributed by atoms with van der Waals surface area (Å²) in [5.74, 6) is -0.879. The lowest BCUT2D eigenvalue weighted by Crippen LogP contribution is -2.31. The zero-order valence-electron chi connectivity index (χ0n) is 11.1. The summed E-state index contributed by atoms with van der Waals surface area (Å²) in [5, 5.41) is 11.3. The van der Waals surface area contributed by atoms with Gasteiger partial charge in [0.1, 0.15) is 6.29 Å². The quantitative estimate of drug-likeness (QED) is 0.515. The largest absolute Gasteiger partial charge is 0.361 e. The van der Waals surface area contributed by atoms with Crippen molar-refractivity contribution in [2.45, 2.75) is 12.5 Å². The van der Waals surface area contributed by atoms with E-state index in [9.17, 15) is 19.3 Å². The van der Waals surface area contributed by atoms with E-state index in [1.807, 2.05) is 0 Å². The van der Waals surface area contributed by atoms with Crippen LogP contribution in [-0.4, -0.2) is 41.2 Å². The van der Waals surface area contributed by atoms with E-state index in [0.29, 0.717) is 11.1 Å². The number of carbonyl (C=O) groups excluding carboxylic acids is 1. The molecule has 1 atom stereocenters. The van der Waals surface area contributed by atoms with Crippen molar-refractivity contribution in [1.82, 2.24) is 9.88 Å². The smallest absolute Gasteiger partial charge is 0.314 e. The van der Waals surface area contributed by atoms with E-state index >= 15 is 0 Å². The molecule has 0 fully saturated rings. The SMILES string of the molecule is CN(C)C(C=O)Cc1c[nH]c2ccc(F)c([N+](=O)[O-])c12. The van der Waals surface area contributed by atoms with Crippen LogP contribution in [0.1, 0.15) is 5.56 Å². The van der Waals surface area contributed by atoms with Crippen LogP contribution >= 0.6 is 0 Å². The van der Waals surface area contributed by atoms with Crippen LogP contribution in [0, 0.1) is 15.9 Å². The van der Waals surface area contributed by atoms with E-state index in [1.165, 1.54) is 6.07 Å². The predicted molar refractivity (Wildman–Crippen MR) is 72.2 cm³/mol. The van der Waals surface area contributed by atoms with Crippen molar-refractivity contribution in [3.8, 4) is 0 Å². The lowest BCUT2D eigenvalue weighted by molar-refractivity contribution is -0.385. The van der Waals surface area contributed by atoms with Gasteiger partial charge in [0, 0.05) is 6.20 Å². The molecule has 0 aliphatic rings. The van der Waals surface area contributed by atoms with Crippen molar-refractivity contribution < 1.29 is 14.1 Å². The molecule has 0 aliphatic heterocycles. The Bertz CT molecular complexity index is 666. The maximum absolute atomic E-state index is 13.7. The Kier molecular flexibility index (Phi) is 3.80. The Balaban J connectivity index is 2.57. The number of carbonyl (C=O) groups is 1. The Morgan fingerprint density at radius 2 is 2.20 bits per heavy atom. The summed E-state index contributed by atoms with van der Waals surface area (Å²) < 4.78 is 13.7. The molecule has 0 aliphatic carbocycles. The summed E-state index contributed by atoms with van der Waals surface area (Å²) >= 11 is 0. The van der Waals surface area contributed by atoms with Crippen LogP contribution in [0.4, 0.5) is 10.1 Å². The summed E-state index contributed by atoms with van der Waals surface area (Å²) in [5.41, 5.74) is 0.482. The summed E-state index contributed by atoms with van der Waals surface area (Å²) in [4.78, 5) is 25.9. The Hall–Kier alpha value is -2.28. The molecule has 1 unspecified atom stereocenters. The van der Waals surface area contributed by atoms with Crippen LogP contribution < -0.4 is 0 Å². The van der Waals surface area contributed by atoms with Gasteiger partial charge in [0.05, 0.1) is 21.9 Å². The number of aromatic amines is 1. The average Bonchev–Trinajstić information content (AvgIpc) is 2.77. The minimum absolute atomic E-state index is 0.226. The highest BCUT2D eigenvalue weighted by Gasteiger charge is 2.24. The number of likely N-dealkylation sites (N-methyl/N-ethyl adjacent to an activating group) is 1. The minimum atomic E-state index is -0.879. The highest BCUT2D eigenvalue weighted by Crippen LogP contribution is 2.32. The van der Waals surface area contributed by atoms with Gasteiger partial charge in [-0.3, -0.25) is 15.0 Å². The van der Waals surface area contributed by atoms with Crippen LogP contribution in [0.2, 0.25) is 0 Å². The number of fused-ring (bicyclic) bond motifs is 1. The predicted octanol–water partition coefficient (Wildman–Crippen LogP) is 1.89. The Morgan fingerprint density at radius 3 is 2.75 bits per heavy atom. The van der Waals surface area contributed by atoms with Crippen molar-refractivity contribution >= 4 is 22.9 Å². The van der Waals surface area contributed by atoms with E-state index in [2.05, 4.69) is 4.98 Å². The third-order valence-electron chi connectivity index (χ3n) is 3.28. The second-order valence-electron chi connectivity index (χ2n) is 4.76. The highest BCUT2D eigenvalue weighted by molar-refractivity contribution is 5.92. The highest BCUT2D eigenvalue weighted by atomic mass is 19.1. The topological polar surface area (TPSA) is 79.2 Å². The number of H-pyrrole nitrogens is 1. The number of nitro groups is 1. The fourth-order valence-electron chi connectivity index (χ4n) is 2.17. The van der Waals surface area contributed by atoms with Crippen molar-refractivity contribution in [2.24, 2.45) is 0 Å². The molecule has 106 valence electrons. The zero-order valence-corrected chi connectivity index (χ0v) is 11.1. The van der Waals surface area contributed by atoms with Gasteiger partial charge < -0.3 is 9.78 Å². The molecule has 6 nitrogen and oxygen atoms in total. The second kappa shape index (κ2) is 5.38. The molecular formula is C13H14FN3O3. The average molecular weight is 279 g/mol. The number of aromatic nitrogens is 1. The maximum atomic E-state index is 13.7. The molecule has 1 N–H and O–H groups in total. The van der Waals surface area contributed by atoms with Gasteiger partial charge in [0.2, 0.25) is 5.82 Å². The second-order valence-corrected chi connectivity index (χ2v) is 4.76.